The van der Waals surface area contributed by atoms with Crippen LogP contribution in [0.25, 0.3) is 0 Å². The monoisotopic (exact) mass is 816 g/mol. The number of benzene rings is 5. The van der Waals surface area contributed by atoms with E-state index in [9.17, 15) is 14.7 Å². The van der Waals surface area contributed by atoms with Crippen molar-refractivity contribution in [3.8, 4) is 5.75 Å². The first kappa shape index (κ1) is 40.7. The highest BCUT2D eigenvalue weighted by molar-refractivity contribution is 6.91. The summed E-state index contributed by atoms with van der Waals surface area (Å²) < 4.78 is 12.7. The van der Waals surface area contributed by atoms with Gasteiger partial charge in [0, 0.05) is 46.5 Å². The van der Waals surface area contributed by atoms with Crippen LogP contribution in [0.15, 0.2) is 121 Å². The summed E-state index contributed by atoms with van der Waals surface area (Å²) >= 11 is 6.72. The number of aliphatic hydroxyl groups excluding tert-OH is 1. The van der Waals surface area contributed by atoms with Crippen LogP contribution in [0.5, 0.6) is 5.75 Å². The second-order valence-corrected chi connectivity index (χ2v) is 20.8. The van der Waals surface area contributed by atoms with Crippen LogP contribution in [-0.4, -0.2) is 62.2 Å². The Morgan fingerprint density at radius 2 is 1.66 bits per heavy atom. The smallest absolute Gasteiger partial charge is 0.264 e. The summed E-state index contributed by atoms with van der Waals surface area (Å²) in [5.74, 6) is -0.298. The lowest BCUT2D eigenvalue weighted by Crippen LogP contribution is -2.52. The summed E-state index contributed by atoms with van der Waals surface area (Å²) in [6.07, 6.45) is -0.611. The number of carbonyl (C=O) groups excluding carboxylic acids is 3. The fourth-order valence-electron chi connectivity index (χ4n) is 8.93. The number of fused-ring (bicyclic) bond motifs is 2. The molecule has 300 valence electrons. The van der Waals surface area contributed by atoms with E-state index in [1.807, 2.05) is 72.8 Å². The first-order chi connectivity index (χ1) is 27.8. The van der Waals surface area contributed by atoms with Gasteiger partial charge in [-0.3, -0.25) is 14.4 Å². The molecule has 0 radical (unpaired) electrons. The van der Waals surface area contributed by atoms with E-state index in [4.69, 9.17) is 26.8 Å². The molecular weight excluding hydrogens is 768 g/mol. The zero-order chi connectivity index (χ0) is 41.2. The van der Waals surface area contributed by atoms with Crippen molar-refractivity contribution in [2.45, 2.75) is 56.8 Å². The van der Waals surface area contributed by atoms with Crippen LogP contribution in [0.1, 0.15) is 40.4 Å². The molecule has 4 N–H and O–H groups in total. The van der Waals surface area contributed by atoms with Gasteiger partial charge in [0.1, 0.15) is 5.75 Å². The van der Waals surface area contributed by atoms with E-state index >= 15 is 4.79 Å². The van der Waals surface area contributed by atoms with Crippen LogP contribution in [0.4, 0.5) is 17.1 Å². The minimum Gasteiger partial charge on any atom is -0.497 e. The highest BCUT2D eigenvalue weighted by atomic mass is 35.5. The van der Waals surface area contributed by atoms with Gasteiger partial charge in [-0.15, -0.1) is 0 Å². The van der Waals surface area contributed by atoms with Crippen molar-refractivity contribution in [1.82, 2.24) is 4.90 Å². The van der Waals surface area contributed by atoms with E-state index in [0.717, 1.165) is 22.1 Å². The second-order valence-electron chi connectivity index (χ2n) is 15.7. The lowest BCUT2D eigenvalue weighted by Gasteiger charge is -2.37. The summed E-state index contributed by atoms with van der Waals surface area (Å²) in [6.45, 7) is 7.12. The van der Waals surface area contributed by atoms with Gasteiger partial charge < -0.3 is 35.4 Å². The Hall–Kier alpha value is -5.46. The maximum atomic E-state index is 15.3. The first-order valence-corrected chi connectivity index (χ1v) is 22.9. The minimum atomic E-state index is -2.56. The average molecular weight is 817 g/mol. The van der Waals surface area contributed by atoms with Gasteiger partial charge in [-0.2, -0.15) is 0 Å². The number of halogens is 1. The normalized spacial score (nSPS) is 19.9. The van der Waals surface area contributed by atoms with E-state index in [2.05, 4.69) is 37.5 Å². The van der Waals surface area contributed by atoms with Crippen LogP contribution in [0.2, 0.25) is 23.7 Å². The number of amides is 3. The molecule has 2 heterocycles. The molecule has 10 nitrogen and oxygen atoms in total. The summed E-state index contributed by atoms with van der Waals surface area (Å²) in [5.41, 5.74) is 8.89. The Labute approximate surface area is 345 Å². The SMILES string of the molecule is COc1ccc([Si](C)(C)[C@@H]2[C@@H](CC(=O)N(CCO)Cc3ccccc3)O[C@]3(C(=O)N(Cc4cccc(NC(=O)c5ccc(N)cc5)c4)c4ccc(Cl)cc43)[C@H]2C)cc1. The minimum absolute atomic E-state index is 0.0229. The lowest BCUT2D eigenvalue weighted by atomic mass is 9.82. The Kier molecular flexibility index (Phi) is 11.8. The van der Waals surface area contributed by atoms with E-state index in [-0.39, 0.29) is 55.3 Å². The fourth-order valence-corrected chi connectivity index (χ4v) is 13.1. The largest absolute Gasteiger partial charge is 0.497 e. The van der Waals surface area contributed by atoms with Gasteiger partial charge in [-0.1, -0.05) is 91.4 Å². The van der Waals surface area contributed by atoms with Gasteiger partial charge in [0.05, 0.1) is 46.5 Å². The Bertz CT molecular complexity index is 2290. The van der Waals surface area contributed by atoms with Gasteiger partial charge in [0.15, 0.2) is 5.60 Å². The van der Waals surface area contributed by atoms with Gasteiger partial charge in [-0.25, -0.2) is 0 Å². The van der Waals surface area contributed by atoms with Gasteiger partial charge >= 0.3 is 0 Å². The van der Waals surface area contributed by atoms with Crippen molar-refractivity contribution in [1.29, 1.82) is 0 Å². The highest BCUT2D eigenvalue weighted by Crippen LogP contribution is 2.60. The standard InChI is InChI=1S/C46H49ClN4O6Si/c1-30-43(58(3,4)38-20-18-37(56-2)19-21-38)41(27-42(53)50(23-24-52)28-31-9-6-5-7-10-31)57-46(30)39-26-34(47)15-22-40(39)51(45(46)55)29-32-11-8-12-36(25-32)49-44(54)33-13-16-35(48)17-14-33/h5-22,25-26,30,41,43,52H,23-24,27-29,48H2,1-4H3,(H,49,54)/t30-,41+,43-,46+/m0/s1. The molecule has 58 heavy (non-hydrogen) atoms. The van der Waals surface area contributed by atoms with Crippen LogP contribution in [0, 0.1) is 5.92 Å². The van der Waals surface area contributed by atoms with E-state index in [1.165, 1.54) is 0 Å². The number of nitrogens with two attached hydrogens (primary N) is 1. The zero-order valence-corrected chi connectivity index (χ0v) is 34.9. The molecule has 5 aromatic rings. The third kappa shape index (κ3) is 7.87. The Morgan fingerprint density at radius 3 is 2.34 bits per heavy atom. The summed E-state index contributed by atoms with van der Waals surface area (Å²) in [7, 11) is -0.926. The predicted molar refractivity (Wildman–Crippen MR) is 231 cm³/mol. The molecule has 4 atom stereocenters. The van der Waals surface area contributed by atoms with Crippen LogP contribution in [-0.2, 0) is 33.0 Å². The number of aliphatic hydroxyl groups is 1. The van der Waals surface area contributed by atoms with Crippen molar-refractivity contribution in [2.24, 2.45) is 5.92 Å². The molecule has 5 aromatic carbocycles. The molecule has 2 aliphatic rings. The summed E-state index contributed by atoms with van der Waals surface area (Å²) in [6, 6.07) is 37.3. The number of hydrogen-bond donors (Lipinski definition) is 3. The first-order valence-electron chi connectivity index (χ1n) is 19.5. The number of nitrogens with one attached hydrogen (secondary N) is 1. The summed E-state index contributed by atoms with van der Waals surface area (Å²) in [4.78, 5) is 46.2. The van der Waals surface area contributed by atoms with Crippen molar-refractivity contribution < 1.29 is 29.0 Å². The van der Waals surface area contributed by atoms with Gasteiger partial charge in [0.25, 0.3) is 11.8 Å². The number of nitrogen functional groups attached to an aromatic ring is 1. The molecule has 2 aliphatic heterocycles. The third-order valence-corrected chi connectivity index (χ3v) is 16.4. The molecule has 1 spiro atoms. The van der Waals surface area contributed by atoms with Gasteiger partial charge in [-0.05, 0) is 83.4 Å². The van der Waals surface area contributed by atoms with Crippen molar-refractivity contribution in [3.63, 3.8) is 0 Å². The second kappa shape index (κ2) is 16.8. The number of rotatable bonds is 13. The molecule has 0 aromatic heterocycles. The lowest BCUT2D eigenvalue weighted by molar-refractivity contribution is -0.150. The van der Waals surface area contributed by atoms with Gasteiger partial charge in [0.2, 0.25) is 5.91 Å². The molecule has 7 rings (SSSR count). The van der Waals surface area contributed by atoms with Crippen LogP contribution in [0.3, 0.4) is 0 Å². The molecule has 1 fully saturated rings. The Morgan fingerprint density at radius 1 is 0.948 bits per heavy atom. The molecule has 12 heteroatoms. The number of ether oxygens (including phenoxy) is 2. The summed E-state index contributed by atoms with van der Waals surface area (Å²) in [5, 5.41) is 14.6. The molecular formula is C46H49ClN4O6Si. The van der Waals surface area contributed by atoms with Crippen molar-refractivity contribution in [2.75, 3.05) is 36.2 Å². The number of anilines is 3. The maximum absolute atomic E-state index is 15.3. The van der Waals surface area contributed by atoms with Crippen molar-refractivity contribution in [3.05, 3.63) is 149 Å². The fraction of sp³-hybridized carbons (Fsp3) is 0.283. The molecule has 3 amide bonds. The highest BCUT2D eigenvalue weighted by Gasteiger charge is 2.66. The number of methoxy groups -OCH3 is 1. The molecule has 0 saturated carbocycles. The number of hydrogen-bond acceptors (Lipinski definition) is 7. The molecule has 1 saturated heterocycles. The van der Waals surface area contributed by atoms with Crippen LogP contribution >= 0.6 is 11.6 Å². The number of carbonyl (C=O) groups is 3. The van der Waals surface area contributed by atoms with E-state index < -0.39 is 19.8 Å². The molecule has 0 aliphatic carbocycles. The molecule has 0 unspecified atom stereocenters. The predicted octanol–water partition coefficient (Wildman–Crippen LogP) is 7.36. The van der Waals surface area contributed by atoms with Crippen LogP contribution < -0.4 is 25.9 Å². The maximum Gasteiger partial charge on any atom is 0.264 e. The Balaban J connectivity index is 1.24. The molecule has 0 bridgehead atoms. The average Bonchev–Trinajstić information content (AvgIpc) is 3.64. The zero-order valence-electron chi connectivity index (χ0n) is 33.2. The van der Waals surface area contributed by atoms with E-state index in [1.54, 1.807) is 53.3 Å². The van der Waals surface area contributed by atoms with E-state index in [0.29, 0.717) is 39.8 Å². The third-order valence-electron chi connectivity index (χ3n) is 11.8. The topological polar surface area (TPSA) is 134 Å². The number of nitrogens with zero attached hydrogens (tertiary/aromatic N) is 2. The van der Waals surface area contributed by atoms with Crippen molar-refractivity contribution >= 4 is 59.6 Å². The quantitative estimate of drug-likeness (QED) is 0.0836.